The highest BCUT2D eigenvalue weighted by molar-refractivity contribution is 7.09. The Balaban J connectivity index is 1.63. The quantitative estimate of drug-likeness (QED) is 0.929. The normalized spacial score (nSPS) is 17.0. The molecular formula is C15H12ClFN2O2S. The number of oxime groups is 1. The molecule has 1 aliphatic heterocycles. The average molecular weight is 339 g/mol. The van der Waals surface area contributed by atoms with Gasteiger partial charge in [-0.3, -0.25) is 4.79 Å². The molecule has 0 spiro atoms. The van der Waals surface area contributed by atoms with Gasteiger partial charge in [0.25, 0.3) is 5.91 Å². The highest BCUT2D eigenvalue weighted by atomic mass is 35.5. The van der Waals surface area contributed by atoms with Gasteiger partial charge >= 0.3 is 0 Å². The predicted octanol–water partition coefficient (Wildman–Crippen LogP) is 3.35. The summed E-state index contributed by atoms with van der Waals surface area (Å²) in [5, 5.41) is 8.78. The fourth-order valence-corrected chi connectivity index (χ4v) is 3.06. The number of thiophene rings is 1. The smallest absolute Gasteiger partial charge is 0.264 e. The Labute approximate surface area is 135 Å². The third kappa shape index (κ3) is 3.13. The molecule has 2 aromatic rings. The molecule has 0 saturated carbocycles. The van der Waals surface area contributed by atoms with Crippen LogP contribution in [-0.4, -0.2) is 17.7 Å². The van der Waals surface area contributed by atoms with Crippen LogP contribution in [0.2, 0.25) is 5.02 Å². The van der Waals surface area contributed by atoms with E-state index in [1.54, 1.807) is 17.4 Å². The first-order chi connectivity index (χ1) is 10.6. The van der Waals surface area contributed by atoms with E-state index >= 15 is 0 Å². The first-order valence-electron chi connectivity index (χ1n) is 6.62. The second-order valence-corrected chi connectivity index (χ2v) is 6.17. The van der Waals surface area contributed by atoms with Gasteiger partial charge in [0.15, 0.2) is 0 Å². The van der Waals surface area contributed by atoms with Crippen molar-refractivity contribution in [2.45, 2.75) is 19.1 Å². The van der Waals surface area contributed by atoms with Gasteiger partial charge in [-0.2, -0.15) is 0 Å². The van der Waals surface area contributed by atoms with Crippen LogP contribution in [0.1, 0.15) is 16.9 Å². The standard InChI is InChI=1S/C15H12ClFN2O2S/c16-10-4-1-5-11(17)14(10)12-7-13(21-19-12)15(20)18-8-9-3-2-6-22-9/h1-6,13H,7-8H2,(H,18,20). The van der Waals surface area contributed by atoms with E-state index in [-0.39, 0.29) is 22.9 Å². The zero-order valence-electron chi connectivity index (χ0n) is 11.4. The van der Waals surface area contributed by atoms with Crippen LogP contribution in [0.15, 0.2) is 40.9 Å². The molecule has 1 N–H and O–H groups in total. The van der Waals surface area contributed by atoms with Gasteiger partial charge in [0.05, 0.1) is 22.8 Å². The van der Waals surface area contributed by atoms with Crippen LogP contribution in [0.25, 0.3) is 0 Å². The molecule has 1 aromatic heterocycles. The molecule has 114 valence electrons. The van der Waals surface area contributed by atoms with Crippen molar-refractivity contribution in [1.29, 1.82) is 0 Å². The van der Waals surface area contributed by atoms with E-state index in [1.165, 1.54) is 12.1 Å². The molecule has 0 bridgehead atoms. The molecule has 7 heteroatoms. The first kappa shape index (κ1) is 15.0. The van der Waals surface area contributed by atoms with Gasteiger partial charge in [-0.25, -0.2) is 4.39 Å². The molecule has 0 aliphatic carbocycles. The maximum absolute atomic E-state index is 13.8. The van der Waals surface area contributed by atoms with E-state index < -0.39 is 11.9 Å². The van der Waals surface area contributed by atoms with Crippen LogP contribution in [0.3, 0.4) is 0 Å². The van der Waals surface area contributed by atoms with Crippen molar-refractivity contribution in [3.8, 4) is 0 Å². The lowest BCUT2D eigenvalue weighted by molar-refractivity contribution is -0.131. The number of rotatable bonds is 4. The van der Waals surface area contributed by atoms with Crippen molar-refractivity contribution in [3.63, 3.8) is 0 Å². The van der Waals surface area contributed by atoms with E-state index in [2.05, 4.69) is 10.5 Å². The second kappa shape index (κ2) is 6.46. The Morgan fingerprint density at radius 1 is 1.45 bits per heavy atom. The lowest BCUT2D eigenvalue weighted by atomic mass is 10.0. The van der Waals surface area contributed by atoms with E-state index in [0.29, 0.717) is 12.3 Å². The molecule has 22 heavy (non-hydrogen) atoms. The Morgan fingerprint density at radius 3 is 3.05 bits per heavy atom. The van der Waals surface area contributed by atoms with Crippen molar-refractivity contribution >= 4 is 34.6 Å². The summed E-state index contributed by atoms with van der Waals surface area (Å²) in [5.41, 5.74) is 0.539. The Morgan fingerprint density at radius 2 is 2.32 bits per heavy atom. The molecule has 1 atom stereocenters. The number of hydrogen-bond acceptors (Lipinski definition) is 4. The predicted molar refractivity (Wildman–Crippen MR) is 83.6 cm³/mol. The molecule has 2 heterocycles. The van der Waals surface area contributed by atoms with Crippen molar-refractivity contribution in [2.24, 2.45) is 5.16 Å². The number of carbonyl (C=O) groups is 1. The average Bonchev–Trinajstić information content (AvgIpc) is 3.16. The number of amides is 1. The van der Waals surface area contributed by atoms with E-state index in [4.69, 9.17) is 16.4 Å². The molecule has 1 amide bonds. The van der Waals surface area contributed by atoms with Crippen LogP contribution in [0.5, 0.6) is 0 Å². The number of nitrogens with one attached hydrogen (secondary N) is 1. The Bertz CT molecular complexity index is 698. The summed E-state index contributed by atoms with van der Waals surface area (Å²) < 4.78 is 13.8. The lowest BCUT2D eigenvalue weighted by Crippen LogP contribution is -2.34. The zero-order valence-corrected chi connectivity index (χ0v) is 13.0. The van der Waals surface area contributed by atoms with Crippen LogP contribution in [0.4, 0.5) is 4.39 Å². The van der Waals surface area contributed by atoms with Crippen molar-refractivity contribution in [2.75, 3.05) is 0 Å². The van der Waals surface area contributed by atoms with Crippen LogP contribution < -0.4 is 5.32 Å². The third-order valence-corrected chi connectivity index (χ3v) is 4.42. The summed E-state index contributed by atoms with van der Waals surface area (Å²) >= 11 is 7.55. The molecule has 0 radical (unpaired) electrons. The summed E-state index contributed by atoms with van der Waals surface area (Å²) in [6.07, 6.45) is -0.567. The Kier molecular flexibility index (Phi) is 4.40. The highest BCUT2D eigenvalue weighted by Crippen LogP contribution is 2.25. The second-order valence-electron chi connectivity index (χ2n) is 4.73. The van der Waals surface area contributed by atoms with Gasteiger partial charge < -0.3 is 10.2 Å². The van der Waals surface area contributed by atoms with E-state index in [1.807, 2.05) is 17.5 Å². The Hall–Kier alpha value is -1.92. The minimum atomic E-state index is -0.759. The van der Waals surface area contributed by atoms with Gasteiger partial charge in [-0.05, 0) is 23.6 Å². The SMILES string of the molecule is O=C(NCc1cccs1)C1CC(c2c(F)cccc2Cl)=NO1. The van der Waals surface area contributed by atoms with E-state index in [0.717, 1.165) is 4.88 Å². The van der Waals surface area contributed by atoms with Crippen LogP contribution >= 0.6 is 22.9 Å². The van der Waals surface area contributed by atoms with Crippen LogP contribution in [-0.2, 0) is 16.2 Å². The van der Waals surface area contributed by atoms with Crippen molar-refractivity contribution in [1.82, 2.24) is 5.32 Å². The fourth-order valence-electron chi connectivity index (χ4n) is 2.14. The van der Waals surface area contributed by atoms with Gasteiger partial charge in [0.2, 0.25) is 6.10 Å². The fraction of sp³-hybridized carbons (Fsp3) is 0.200. The summed E-state index contributed by atoms with van der Waals surface area (Å²) in [4.78, 5) is 18.2. The number of carbonyl (C=O) groups excluding carboxylic acids is 1. The number of benzene rings is 1. The van der Waals surface area contributed by atoms with Gasteiger partial charge in [-0.1, -0.05) is 28.9 Å². The molecule has 3 rings (SSSR count). The third-order valence-electron chi connectivity index (χ3n) is 3.23. The maximum atomic E-state index is 13.8. The summed E-state index contributed by atoms with van der Waals surface area (Å²) in [6.45, 7) is 0.437. The number of halogens is 2. The van der Waals surface area contributed by atoms with Crippen molar-refractivity contribution < 1.29 is 14.0 Å². The zero-order chi connectivity index (χ0) is 15.5. The van der Waals surface area contributed by atoms with Crippen LogP contribution in [0, 0.1) is 5.82 Å². The minimum absolute atomic E-state index is 0.191. The maximum Gasteiger partial charge on any atom is 0.264 e. The largest absolute Gasteiger partial charge is 0.382 e. The van der Waals surface area contributed by atoms with Crippen molar-refractivity contribution in [3.05, 3.63) is 57.0 Å². The molecule has 1 aliphatic rings. The lowest BCUT2D eigenvalue weighted by Gasteiger charge is -2.08. The van der Waals surface area contributed by atoms with Gasteiger partial charge in [-0.15, -0.1) is 11.3 Å². The number of nitrogens with zero attached hydrogens (tertiary/aromatic N) is 1. The summed E-state index contributed by atoms with van der Waals surface area (Å²) in [7, 11) is 0. The summed E-state index contributed by atoms with van der Waals surface area (Å²) in [6, 6.07) is 8.24. The summed E-state index contributed by atoms with van der Waals surface area (Å²) in [5.74, 6) is -0.755. The molecule has 1 aromatic carbocycles. The molecule has 1 unspecified atom stereocenters. The molecule has 0 fully saturated rings. The van der Waals surface area contributed by atoms with Gasteiger partial charge in [0.1, 0.15) is 5.82 Å². The van der Waals surface area contributed by atoms with Gasteiger partial charge in [0, 0.05) is 11.3 Å². The highest BCUT2D eigenvalue weighted by Gasteiger charge is 2.30. The molecular weight excluding hydrogens is 327 g/mol. The monoisotopic (exact) mass is 338 g/mol. The van der Waals surface area contributed by atoms with E-state index in [9.17, 15) is 9.18 Å². The molecule has 0 saturated heterocycles. The topological polar surface area (TPSA) is 50.7 Å². The number of hydrogen-bond donors (Lipinski definition) is 1. The first-order valence-corrected chi connectivity index (χ1v) is 7.88. The molecule has 4 nitrogen and oxygen atoms in total. The minimum Gasteiger partial charge on any atom is -0.382 e.